The van der Waals surface area contributed by atoms with Crippen molar-refractivity contribution in [3.05, 3.63) is 68.5 Å². The van der Waals surface area contributed by atoms with Gasteiger partial charge in [0.2, 0.25) is 5.43 Å². The van der Waals surface area contributed by atoms with Crippen molar-refractivity contribution in [3.63, 3.8) is 0 Å². The van der Waals surface area contributed by atoms with Crippen LogP contribution in [0.2, 0.25) is 0 Å². The number of hydrogen-bond donors (Lipinski definition) is 2. The zero-order valence-electron chi connectivity index (χ0n) is 15.6. The summed E-state index contributed by atoms with van der Waals surface area (Å²) < 4.78 is 4.88. The number of methoxy groups -OCH3 is 1. The Balaban J connectivity index is 2.29. The lowest BCUT2D eigenvalue weighted by atomic mass is 10.0. The SMILES string of the molecule is COC(=O)c1[nH]c2c(C)cc(C)cc2c(=O)c1Nc1ccc(C)cc1C. The van der Waals surface area contributed by atoms with E-state index in [1.165, 1.54) is 7.11 Å². The van der Waals surface area contributed by atoms with Gasteiger partial charge in [0.15, 0.2) is 5.69 Å². The molecule has 0 saturated heterocycles. The average Bonchev–Trinajstić information content (AvgIpc) is 2.59. The van der Waals surface area contributed by atoms with Gasteiger partial charge in [0, 0.05) is 11.1 Å². The number of anilines is 2. The molecule has 0 aliphatic carbocycles. The summed E-state index contributed by atoms with van der Waals surface area (Å²) in [6.07, 6.45) is 0. The lowest BCUT2D eigenvalue weighted by molar-refractivity contribution is 0.0595. The molecule has 0 aliphatic heterocycles. The fourth-order valence-electron chi connectivity index (χ4n) is 3.21. The van der Waals surface area contributed by atoms with Gasteiger partial charge in [-0.3, -0.25) is 4.79 Å². The number of aromatic nitrogens is 1. The van der Waals surface area contributed by atoms with Gasteiger partial charge in [-0.15, -0.1) is 0 Å². The van der Waals surface area contributed by atoms with Gasteiger partial charge in [-0.25, -0.2) is 4.79 Å². The molecule has 0 bridgehead atoms. The van der Waals surface area contributed by atoms with E-state index >= 15 is 0 Å². The number of nitrogens with one attached hydrogen (secondary N) is 2. The van der Waals surface area contributed by atoms with Crippen molar-refractivity contribution in [2.24, 2.45) is 0 Å². The largest absolute Gasteiger partial charge is 0.464 e. The van der Waals surface area contributed by atoms with Gasteiger partial charge in [0.1, 0.15) is 5.69 Å². The van der Waals surface area contributed by atoms with E-state index in [-0.39, 0.29) is 16.8 Å². The molecule has 0 radical (unpaired) electrons. The van der Waals surface area contributed by atoms with E-state index in [0.717, 1.165) is 27.9 Å². The summed E-state index contributed by atoms with van der Waals surface area (Å²) in [6.45, 7) is 7.81. The molecule has 0 saturated carbocycles. The van der Waals surface area contributed by atoms with E-state index in [2.05, 4.69) is 10.3 Å². The van der Waals surface area contributed by atoms with Gasteiger partial charge in [-0.2, -0.15) is 0 Å². The van der Waals surface area contributed by atoms with E-state index in [9.17, 15) is 9.59 Å². The summed E-state index contributed by atoms with van der Waals surface area (Å²) in [7, 11) is 1.30. The molecule has 2 aromatic carbocycles. The third-order valence-corrected chi connectivity index (χ3v) is 4.48. The van der Waals surface area contributed by atoms with Crippen molar-refractivity contribution < 1.29 is 9.53 Å². The molecule has 1 heterocycles. The van der Waals surface area contributed by atoms with Crippen molar-refractivity contribution >= 4 is 28.2 Å². The van der Waals surface area contributed by atoms with Crippen LogP contribution in [0.4, 0.5) is 11.4 Å². The molecule has 3 aromatic rings. The predicted octanol–water partition coefficient (Wildman–Crippen LogP) is 4.29. The second-order valence-electron chi connectivity index (χ2n) is 6.64. The minimum Gasteiger partial charge on any atom is -0.464 e. The van der Waals surface area contributed by atoms with Crippen molar-refractivity contribution in [1.29, 1.82) is 0 Å². The number of ether oxygens (including phenoxy) is 1. The minimum atomic E-state index is -0.587. The molecule has 5 nitrogen and oxygen atoms in total. The molecule has 5 heteroatoms. The maximum absolute atomic E-state index is 13.2. The Morgan fingerprint density at radius 2 is 1.69 bits per heavy atom. The van der Waals surface area contributed by atoms with Crippen LogP contribution >= 0.6 is 0 Å². The zero-order chi connectivity index (χ0) is 19.0. The van der Waals surface area contributed by atoms with E-state index in [4.69, 9.17) is 4.74 Å². The molecule has 1 aromatic heterocycles. The molecule has 0 aliphatic rings. The van der Waals surface area contributed by atoms with Crippen LogP contribution in [-0.2, 0) is 4.74 Å². The first-order chi connectivity index (χ1) is 12.3. The second-order valence-corrected chi connectivity index (χ2v) is 6.64. The fourth-order valence-corrected chi connectivity index (χ4v) is 3.21. The van der Waals surface area contributed by atoms with Gasteiger partial charge in [-0.1, -0.05) is 23.8 Å². The number of rotatable bonds is 3. The molecule has 134 valence electrons. The number of aryl methyl sites for hydroxylation is 4. The van der Waals surface area contributed by atoms with Crippen LogP contribution < -0.4 is 10.7 Å². The van der Waals surface area contributed by atoms with Crippen LogP contribution in [0.5, 0.6) is 0 Å². The Bertz CT molecular complexity index is 1080. The maximum Gasteiger partial charge on any atom is 0.356 e. The van der Waals surface area contributed by atoms with Crippen molar-refractivity contribution in [1.82, 2.24) is 4.98 Å². The summed E-state index contributed by atoms with van der Waals surface area (Å²) in [4.78, 5) is 28.6. The molecule has 26 heavy (non-hydrogen) atoms. The number of hydrogen-bond acceptors (Lipinski definition) is 4. The molecule has 2 N–H and O–H groups in total. The summed E-state index contributed by atoms with van der Waals surface area (Å²) >= 11 is 0. The smallest absolute Gasteiger partial charge is 0.356 e. The molecule has 0 fully saturated rings. The third-order valence-electron chi connectivity index (χ3n) is 4.48. The highest BCUT2D eigenvalue weighted by Gasteiger charge is 2.20. The third kappa shape index (κ3) is 3.08. The van der Waals surface area contributed by atoms with Crippen molar-refractivity contribution in [2.75, 3.05) is 12.4 Å². The summed E-state index contributed by atoms with van der Waals surface area (Å²) in [5, 5.41) is 3.68. The normalized spacial score (nSPS) is 10.8. The highest BCUT2D eigenvalue weighted by atomic mass is 16.5. The van der Waals surface area contributed by atoms with Crippen LogP contribution in [0.3, 0.4) is 0 Å². The molecular weight excluding hydrogens is 328 g/mol. The highest BCUT2D eigenvalue weighted by Crippen LogP contribution is 2.25. The Morgan fingerprint density at radius 3 is 2.35 bits per heavy atom. The van der Waals surface area contributed by atoms with Gasteiger partial charge >= 0.3 is 5.97 Å². The summed E-state index contributed by atoms with van der Waals surface area (Å²) in [6, 6.07) is 9.67. The Kier molecular flexibility index (Phi) is 4.55. The fraction of sp³-hybridized carbons (Fsp3) is 0.238. The minimum absolute atomic E-state index is 0.122. The van der Waals surface area contributed by atoms with Gasteiger partial charge in [0.25, 0.3) is 0 Å². The van der Waals surface area contributed by atoms with E-state index < -0.39 is 5.97 Å². The van der Waals surface area contributed by atoms with E-state index in [1.54, 1.807) is 0 Å². The van der Waals surface area contributed by atoms with Crippen LogP contribution in [0.1, 0.15) is 32.7 Å². The number of pyridine rings is 1. The molecule has 0 atom stereocenters. The Hall–Kier alpha value is -3.08. The van der Waals surface area contributed by atoms with Crippen molar-refractivity contribution in [3.8, 4) is 0 Å². The maximum atomic E-state index is 13.2. The lowest BCUT2D eigenvalue weighted by Gasteiger charge is -2.15. The van der Waals surface area contributed by atoms with Crippen LogP contribution in [-0.4, -0.2) is 18.1 Å². The van der Waals surface area contributed by atoms with Crippen molar-refractivity contribution in [2.45, 2.75) is 27.7 Å². The number of benzene rings is 2. The van der Waals surface area contributed by atoms with Crippen LogP contribution in [0, 0.1) is 27.7 Å². The van der Waals surface area contributed by atoms with E-state index in [0.29, 0.717) is 10.9 Å². The first kappa shape index (κ1) is 17.7. The number of carbonyl (C=O) groups excluding carboxylic acids is 1. The summed E-state index contributed by atoms with van der Waals surface area (Å²) in [5.41, 5.74) is 5.51. The molecular formula is C21H22N2O3. The molecule has 0 spiro atoms. The molecule has 3 rings (SSSR count). The zero-order valence-corrected chi connectivity index (χ0v) is 15.6. The predicted molar refractivity (Wildman–Crippen MR) is 105 cm³/mol. The van der Waals surface area contributed by atoms with Gasteiger partial charge < -0.3 is 15.0 Å². The van der Waals surface area contributed by atoms with E-state index in [1.807, 2.05) is 58.0 Å². The second kappa shape index (κ2) is 6.67. The van der Waals surface area contributed by atoms with Crippen LogP contribution in [0.25, 0.3) is 10.9 Å². The van der Waals surface area contributed by atoms with Crippen LogP contribution in [0.15, 0.2) is 35.1 Å². The molecule has 0 unspecified atom stereocenters. The molecule has 0 amide bonds. The number of H-pyrrole nitrogens is 1. The highest BCUT2D eigenvalue weighted by molar-refractivity contribution is 5.99. The first-order valence-corrected chi connectivity index (χ1v) is 8.41. The quantitative estimate of drug-likeness (QED) is 0.691. The summed E-state index contributed by atoms with van der Waals surface area (Å²) in [5.74, 6) is -0.587. The topological polar surface area (TPSA) is 71.2 Å². The standard InChI is InChI=1S/C21H22N2O3/c1-11-6-7-16(13(3)8-11)22-18-19(21(25)26-5)23-17-14(4)9-12(2)10-15(17)20(18)24/h6-10,22H,1-5H3,(H,23,24). The Labute approximate surface area is 152 Å². The monoisotopic (exact) mass is 350 g/mol. The van der Waals surface area contributed by atoms with Gasteiger partial charge in [0.05, 0.1) is 12.6 Å². The van der Waals surface area contributed by atoms with Gasteiger partial charge in [-0.05, 0) is 56.5 Å². The first-order valence-electron chi connectivity index (χ1n) is 8.41. The number of fused-ring (bicyclic) bond motifs is 1. The lowest BCUT2D eigenvalue weighted by Crippen LogP contribution is -2.18. The average molecular weight is 350 g/mol. The number of aromatic amines is 1. The Morgan fingerprint density at radius 1 is 1.00 bits per heavy atom. The number of carbonyl (C=O) groups is 1. The number of esters is 1.